The van der Waals surface area contributed by atoms with E-state index in [2.05, 4.69) is 18.2 Å². The van der Waals surface area contributed by atoms with Gasteiger partial charge in [-0.15, -0.1) is 0 Å². The summed E-state index contributed by atoms with van der Waals surface area (Å²) in [7, 11) is 1.67. The molecule has 1 unspecified atom stereocenters. The highest BCUT2D eigenvalue weighted by molar-refractivity contribution is 5.36. The third-order valence-electron chi connectivity index (χ3n) is 5.80. The molecule has 1 aliphatic rings. The number of aliphatic hydroxyl groups is 1. The van der Waals surface area contributed by atoms with Crippen molar-refractivity contribution in [1.82, 2.24) is 0 Å². The van der Waals surface area contributed by atoms with Gasteiger partial charge in [-0.3, -0.25) is 0 Å². The lowest BCUT2D eigenvalue weighted by molar-refractivity contribution is 0.233. The van der Waals surface area contributed by atoms with Crippen molar-refractivity contribution in [3.05, 3.63) is 59.2 Å². The van der Waals surface area contributed by atoms with Gasteiger partial charge in [0.25, 0.3) is 0 Å². The molecule has 0 spiro atoms. The highest BCUT2D eigenvalue weighted by Crippen LogP contribution is 2.30. The molecular formula is C24H33NO3. The zero-order valence-corrected chi connectivity index (χ0v) is 16.9. The van der Waals surface area contributed by atoms with Gasteiger partial charge in [0.05, 0.1) is 13.7 Å². The normalized spacial score (nSPS) is 17.0. The molecule has 2 aromatic rings. The lowest BCUT2D eigenvalue weighted by Crippen LogP contribution is -2.21. The monoisotopic (exact) mass is 383 g/mol. The number of nitrogens with two attached hydrogens (primary N) is 1. The predicted molar refractivity (Wildman–Crippen MR) is 113 cm³/mol. The zero-order chi connectivity index (χ0) is 19.8. The number of unbranched alkanes of at least 4 members (excludes halogenated alkanes) is 1. The van der Waals surface area contributed by atoms with E-state index in [1.54, 1.807) is 7.11 Å². The standard InChI is InChI=1S/C24H33NO3/c1-27-23-6-4-7-24(15-23)28-17-18-8-9-20-14-21(11-10-19(20)13-18)22(16-25)5-2-3-12-26/h4,6-7,10-11,14-15,18,22,26H,2-3,5,8-9,12-13,16-17,25H2,1H3/t18?,22-/m1/s1. The van der Waals surface area contributed by atoms with E-state index < -0.39 is 0 Å². The molecule has 1 aliphatic carbocycles. The number of aliphatic hydroxyl groups excluding tert-OH is 1. The molecule has 0 amide bonds. The molecule has 4 nitrogen and oxygen atoms in total. The number of benzene rings is 2. The van der Waals surface area contributed by atoms with Gasteiger partial charge in [-0.05, 0) is 79.3 Å². The quantitative estimate of drug-likeness (QED) is 0.607. The van der Waals surface area contributed by atoms with Crippen molar-refractivity contribution in [2.75, 3.05) is 26.9 Å². The summed E-state index contributed by atoms with van der Waals surface area (Å²) in [5.41, 5.74) is 10.3. The zero-order valence-electron chi connectivity index (χ0n) is 16.9. The maximum Gasteiger partial charge on any atom is 0.122 e. The fraction of sp³-hybridized carbons (Fsp3) is 0.500. The summed E-state index contributed by atoms with van der Waals surface area (Å²) in [6.07, 6.45) is 6.25. The molecule has 4 heteroatoms. The topological polar surface area (TPSA) is 64.7 Å². The summed E-state index contributed by atoms with van der Waals surface area (Å²) >= 11 is 0. The highest BCUT2D eigenvalue weighted by atomic mass is 16.5. The maximum atomic E-state index is 9.00. The summed E-state index contributed by atoms with van der Waals surface area (Å²) in [5, 5.41) is 9.00. The van der Waals surface area contributed by atoms with E-state index in [1.165, 1.54) is 16.7 Å². The Morgan fingerprint density at radius 3 is 2.75 bits per heavy atom. The van der Waals surface area contributed by atoms with Gasteiger partial charge in [0.15, 0.2) is 0 Å². The Bertz CT molecular complexity index is 746. The van der Waals surface area contributed by atoms with E-state index in [4.69, 9.17) is 20.3 Å². The summed E-state index contributed by atoms with van der Waals surface area (Å²) < 4.78 is 11.3. The second kappa shape index (κ2) is 10.5. The number of hydrogen-bond acceptors (Lipinski definition) is 4. The van der Waals surface area contributed by atoms with Gasteiger partial charge in [0.2, 0.25) is 0 Å². The largest absolute Gasteiger partial charge is 0.497 e. The molecule has 152 valence electrons. The van der Waals surface area contributed by atoms with Crippen molar-refractivity contribution in [2.45, 2.75) is 44.4 Å². The van der Waals surface area contributed by atoms with E-state index in [0.29, 0.717) is 18.4 Å². The molecule has 2 aromatic carbocycles. The van der Waals surface area contributed by atoms with Gasteiger partial charge in [-0.2, -0.15) is 0 Å². The predicted octanol–water partition coefficient (Wildman–Crippen LogP) is 4.08. The third-order valence-corrected chi connectivity index (χ3v) is 5.80. The molecule has 0 radical (unpaired) electrons. The van der Waals surface area contributed by atoms with Gasteiger partial charge in [-0.1, -0.05) is 30.7 Å². The second-order valence-corrected chi connectivity index (χ2v) is 7.78. The Labute approximate surface area is 168 Å². The van der Waals surface area contributed by atoms with Crippen LogP contribution in [0.1, 0.15) is 48.3 Å². The fourth-order valence-electron chi connectivity index (χ4n) is 4.07. The van der Waals surface area contributed by atoms with Gasteiger partial charge in [-0.25, -0.2) is 0 Å². The van der Waals surface area contributed by atoms with Crippen molar-refractivity contribution >= 4 is 0 Å². The Morgan fingerprint density at radius 2 is 1.96 bits per heavy atom. The van der Waals surface area contributed by atoms with Crippen LogP contribution < -0.4 is 15.2 Å². The highest BCUT2D eigenvalue weighted by Gasteiger charge is 2.21. The Morgan fingerprint density at radius 1 is 1.11 bits per heavy atom. The molecule has 3 rings (SSSR count). The minimum absolute atomic E-state index is 0.265. The van der Waals surface area contributed by atoms with Crippen LogP contribution in [0.5, 0.6) is 11.5 Å². The lowest BCUT2D eigenvalue weighted by atomic mass is 9.81. The number of hydrogen-bond donors (Lipinski definition) is 2. The van der Waals surface area contributed by atoms with E-state index in [1.807, 2.05) is 24.3 Å². The van der Waals surface area contributed by atoms with Crippen LogP contribution in [0.15, 0.2) is 42.5 Å². The molecule has 0 saturated heterocycles. The van der Waals surface area contributed by atoms with Crippen molar-refractivity contribution < 1.29 is 14.6 Å². The van der Waals surface area contributed by atoms with Crippen molar-refractivity contribution in [3.63, 3.8) is 0 Å². The van der Waals surface area contributed by atoms with Gasteiger partial charge < -0.3 is 20.3 Å². The molecule has 0 fully saturated rings. The number of rotatable bonds is 10. The van der Waals surface area contributed by atoms with Crippen LogP contribution in [0, 0.1) is 5.92 Å². The van der Waals surface area contributed by atoms with Crippen LogP contribution in [-0.4, -0.2) is 32.0 Å². The Balaban J connectivity index is 1.57. The van der Waals surface area contributed by atoms with Gasteiger partial charge in [0.1, 0.15) is 11.5 Å². The van der Waals surface area contributed by atoms with Crippen LogP contribution in [0.25, 0.3) is 0 Å². The van der Waals surface area contributed by atoms with Crippen LogP contribution >= 0.6 is 0 Å². The average molecular weight is 384 g/mol. The van der Waals surface area contributed by atoms with E-state index in [0.717, 1.165) is 56.6 Å². The average Bonchev–Trinajstić information content (AvgIpc) is 2.75. The van der Waals surface area contributed by atoms with Crippen molar-refractivity contribution in [1.29, 1.82) is 0 Å². The summed E-state index contributed by atoms with van der Waals surface area (Å²) in [4.78, 5) is 0. The molecular weight excluding hydrogens is 350 g/mol. The van der Waals surface area contributed by atoms with Crippen LogP contribution in [0.3, 0.4) is 0 Å². The molecule has 28 heavy (non-hydrogen) atoms. The number of fused-ring (bicyclic) bond motifs is 1. The number of ether oxygens (including phenoxy) is 2. The van der Waals surface area contributed by atoms with E-state index in [9.17, 15) is 0 Å². The molecule has 0 saturated carbocycles. The van der Waals surface area contributed by atoms with Gasteiger partial charge in [0, 0.05) is 12.7 Å². The van der Waals surface area contributed by atoms with Crippen molar-refractivity contribution in [2.24, 2.45) is 11.7 Å². The maximum absolute atomic E-state index is 9.00. The smallest absolute Gasteiger partial charge is 0.122 e. The summed E-state index contributed by atoms with van der Waals surface area (Å²) in [6, 6.07) is 14.7. The Kier molecular flexibility index (Phi) is 7.75. The van der Waals surface area contributed by atoms with Crippen LogP contribution in [-0.2, 0) is 12.8 Å². The van der Waals surface area contributed by atoms with Crippen LogP contribution in [0.4, 0.5) is 0 Å². The molecule has 0 heterocycles. The van der Waals surface area contributed by atoms with Crippen LogP contribution in [0.2, 0.25) is 0 Å². The number of aryl methyl sites for hydroxylation is 1. The summed E-state index contributed by atoms with van der Waals surface area (Å²) in [6.45, 7) is 1.67. The first kappa shape index (κ1) is 20.7. The SMILES string of the molecule is COc1cccc(OCC2CCc3cc([C@@H](CN)CCCCO)ccc3C2)c1. The van der Waals surface area contributed by atoms with E-state index in [-0.39, 0.29) is 6.61 Å². The second-order valence-electron chi connectivity index (χ2n) is 7.78. The third kappa shape index (κ3) is 5.49. The number of methoxy groups -OCH3 is 1. The molecule has 3 N–H and O–H groups in total. The molecule has 0 bridgehead atoms. The minimum Gasteiger partial charge on any atom is -0.497 e. The Hall–Kier alpha value is -2.04. The summed E-state index contributed by atoms with van der Waals surface area (Å²) in [5.74, 6) is 2.63. The molecule has 0 aliphatic heterocycles. The first-order chi connectivity index (χ1) is 13.7. The fourth-order valence-corrected chi connectivity index (χ4v) is 4.07. The van der Waals surface area contributed by atoms with Gasteiger partial charge >= 0.3 is 0 Å². The van der Waals surface area contributed by atoms with Crippen molar-refractivity contribution in [3.8, 4) is 11.5 Å². The lowest BCUT2D eigenvalue weighted by Gasteiger charge is -2.26. The first-order valence-electron chi connectivity index (χ1n) is 10.4. The minimum atomic E-state index is 0.265. The molecule has 0 aromatic heterocycles. The first-order valence-corrected chi connectivity index (χ1v) is 10.4. The van der Waals surface area contributed by atoms with E-state index >= 15 is 0 Å². The molecule has 2 atom stereocenters.